The molecule has 0 N–H and O–H groups in total. The number of fused-ring (bicyclic) bond motifs is 1. The van der Waals surface area contributed by atoms with Crippen molar-refractivity contribution in [3.8, 4) is 5.75 Å². The van der Waals surface area contributed by atoms with Crippen molar-refractivity contribution in [3.05, 3.63) is 71.9 Å². The van der Waals surface area contributed by atoms with Crippen molar-refractivity contribution in [3.63, 3.8) is 0 Å². The van der Waals surface area contributed by atoms with Crippen LogP contribution in [0.1, 0.15) is 15.9 Å². The first-order chi connectivity index (χ1) is 11.2. The van der Waals surface area contributed by atoms with Crippen LogP contribution >= 0.6 is 0 Å². The molecular weight excluding hydrogens is 288 g/mol. The van der Waals surface area contributed by atoms with Gasteiger partial charge in [-0.05, 0) is 42.0 Å². The number of aromatic nitrogens is 1. The minimum atomic E-state index is -0.0270. The van der Waals surface area contributed by atoms with Crippen LogP contribution in [0.25, 0.3) is 10.9 Å². The number of amides is 1. The number of rotatable bonds is 4. The van der Waals surface area contributed by atoms with Gasteiger partial charge in [0.05, 0.1) is 12.6 Å². The summed E-state index contributed by atoms with van der Waals surface area (Å²) in [7, 11) is 3.40. The molecule has 0 saturated carbocycles. The van der Waals surface area contributed by atoms with Crippen molar-refractivity contribution in [1.29, 1.82) is 0 Å². The molecular formula is C19H18N2O2. The Morgan fingerprint density at radius 1 is 1.13 bits per heavy atom. The van der Waals surface area contributed by atoms with E-state index < -0.39 is 0 Å². The lowest BCUT2D eigenvalue weighted by Gasteiger charge is -2.17. The van der Waals surface area contributed by atoms with Gasteiger partial charge in [0.2, 0.25) is 0 Å². The van der Waals surface area contributed by atoms with Gasteiger partial charge < -0.3 is 9.64 Å². The van der Waals surface area contributed by atoms with E-state index in [1.807, 2.05) is 30.5 Å². The van der Waals surface area contributed by atoms with E-state index in [0.717, 1.165) is 22.2 Å². The fourth-order valence-corrected chi connectivity index (χ4v) is 2.50. The van der Waals surface area contributed by atoms with Crippen molar-refractivity contribution in [1.82, 2.24) is 9.88 Å². The Kier molecular flexibility index (Phi) is 4.24. The molecule has 0 fully saturated rings. The summed E-state index contributed by atoms with van der Waals surface area (Å²) < 4.78 is 5.11. The van der Waals surface area contributed by atoms with Gasteiger partial charge in [-0.15, -0.1) is 0 Å². The number of methoxy groups -OCH3 is 1. The molecule has 0 atom stereocenters. The van der Waals surface area contributed by atoms with Gasteiger partial charge in [-0.2, -0.15) is 0 Å². The first-order valence-corrected chi connectivity index (χ1v) is 7.40. The van der Waals surface area contributed by atoms with Gasteiger partial charge in [0.15, 0.2) is 0 Å². The molecule has 0 spiro atoms. The molecule has 3 aromatic rings. The Morgan fingerprint density at radius 2 is 1.87 bits per heavy atom. The maximum absolute atomic E-state index is 12.5. The molecule has 2 aromatic carbocycles. The normalized spacial score (nSPS) is 10.5. The Morgan fingerprint density at radius 3 is 2.61 bits per heavy atom. The molecule has 116 valence electrons. The van der Waals surface area contributed by atoms with E-state index in [4.69, 9.17) is 4.74 Å². The molecule has 23 heavy (non-hydrogen) atoms. The molecule has 0 aliphatic rings. The van der Waals surface area contributed by atoms with Crippen LogP contribution in [0.3, 0.4) is 0 Å². The highest BCUT2D eigenvalue weighted by molar-refractivity contribution is 5.94. The largest absolute Gasteiger partial charge is 0.497 e. The number of benzene rings is 2. The van der Waals surface area contributed by atoms with Gasteiger partial charge in [0, 0.05) is 30.7 Å². The summed E-state index contributed by atoms with van der Waals surface area (Å²) in [6.45, 7) is 0.517. The highest BCUT2D eigenvalue weighted by atomic mass is 16.5. The Hall–Kier alpha value is -2.88. The van der Waals surface area contributed by atoms with Crippen LogP contribution in [0.15, 0.2) is 60.8 Å². The molecule has 0 bridgehead atoms. The number of ether oxygens (including phenoxy) is 1. The number of nitrogens with zero attached hydrogens (tertiary/aromatic N) is 2. The number of carbonyl (C=O) groups excluding carboxylic acids is 1. The third kappa shape index (κ3) is 3.31. The molecule has 4 nitrogen and oxygen atoms in total. The first kappa shape index (κ1) is 15.0. The zero-order chi connectivity index (χ0) is 16.2. The molecule has 1 aromatic heterocycles. The zero-order valence-corrected chi connectivity index (χ0v) is 13.2. The second kappa shape index (κ2) is 6.48. The molecule has 0 unspecified atom stereocenters. The quantitative estimate of drug-likeness (QED) is 0.740. The second-order valence-corrected chi connectivity index (χ2v) is 5.43. The summed E-state index contributed by atoms with van der Waals surface area (Å²) in [6, 6.07) is 17.2. The minimum absolute atomic E-state index is 0.0270. The van der Waals surface area contributed by atoms with E-state index in [9.17, 15) is 4.79 Å². The van der Waals surface area contributed by atoms with Crippen molar-refractivity contribution < 1.29 is 9.53 Å². The fraction of sp³-hybridized carbons (Fsp3) is 0.158. The van der Waals surface area contributed by atoms with Crippen LogP contribution in [0, 0.1) is 0 Å². The highest BCUT2D eigenvalue weighted by Crippen LogP contribution is 2.16. The smallest absolute Gasteiger partial charge is 0.253 e. The van der Waals surface area contributed by atoms with Gasteiger partial charge in [-0.3, -0.25) is 9.78 Å². The summed E-state index contributed by atoms with van der Waals surface area (Å²) in [5.74, 6) is 0.712. The van der Waals surface area contributed by atoms with Gasteiger partial charge in [0.25, 0.3) is 5.91 Å². The number of para-hydroxylation sites is 1. The summed E-state index contributed by atoms with van der Waals surface area (Å²) in [5.41, 5.74) is 2.61. The minimum Gasteiger partial charge on any atom is -0.497 e. The lowest BCUT2D eigenvalue weighted by molar-refractivity contribution is 0.0785. The van der Waals surface area contributed by atoms with Crippen molar-refractivity contribution in [2.24, 2.45) is 0 Å². The van der Waals surface area contributed by atoms with Crippen LogP contribution in [0.4, 0.5) is 0 Å². The maximum Gasteiger partial charge on any atom is 0.253 e. The third-order valence-electron chi connectivity index (χ3n) is 3.75. The third-order valence-corrected chi connectivity index (χ3v) is 3.75. The Bertz CT molecular complexity index is 828. The lowest BCUT2D eigenvalue weighted by atomic mass is 10.1. The molecule has 1 heterocycles. The number of hydrogen-bond donors (Lipinski definition) is 0. The standard InChI is InChI=1S/C19H18N2O2/c1-21(19(22)15-7-9-17(23-2)10-8-15)13-14-11-16-5-3-4-6-18(16)20-12-14/h3-12H,13H2,1-2H3. The molecule has 3 rings (SSSR count). The second-order valence-electron chi connectivity index (χ2n) is 5.43. The van der Waals surface area contributed by atoms with Crippen molar-refractivity contribution in [2.75, 3.05) is 14.2 Å². The number of pyridine rings is 1. The number of carbonyl (C=O) groups is 1. The topological polar surface area (TPSA) is 42.4 Å². The lowest BCUT2D eigenvalue weighted by Crippen LogP contribution is -2.26. The maximum atomic E-state index is 12.5. The average molecular weight is 306 g/mol. The molecule has 0 radical (unpaired) electrons. The zero-order valence-electron chi connectivity index (χ0n) is 13.2. The monoisotopic (exact) mass is 306 g/mol. The van der Waals surface area contributed by atoms with Gasteiger partial charge in [-0.1, -0.05) is 18.2 Å². The molecule has 1 amide bonds. The number of hydrogen-bond acceptors (Lipinski definition) is 3. The summed E-state index contributed by atoms with van der Waals surface area (Å²) in [5, 5.41) is 1.08. The van der Waals surface area contributed by atoms with Crippen LogP contribution in [0.5, 0.6) is 5.75 Å². The predicted molar refractivity (Wildman–Crippen MR) is 90.5 cm³/mol. The summed E-state index contributed by atoms with van der Waals surface area (Å²) in [6.07, 6.45) is 1.82. The SMILES string of the molecule is COc1ccc(C(=O)N(C)Cc2cnc3ccccc3c2)cc1. The van der Waals surface area contributed by atoms with Crippen LogP contribution in [0.2, 0.25) is 0 Å². The average Bonchev–Trinajstić information content (AvgIpc) is 2.61. The van der Waals surface area contributed by atoms with E-state index in [1.54, 1.807) is 43.3 Å². The van der Waals surface area contributed by atoms with E-state index in [-0.39, 0.29) is 5.91 Å². The van der Waals surface area contributed by atoms with Gasteiger partial charge >= 0.3 is 0 Å². The van der Waals surface area contributed by atoms with Crippen LogP contribution in [-0.2, 0) is 6.54 Å². The van der Waals surface area contributed by atoms with E-state index in [2.05, 4.69) is 11.1 Å². The Labute approximate surface area is 135 Å². The van der Waals surface area contributed by atoms with Crippen LogP contribution < -0.4 is 4.74 Å². The molecule has 0 saturated heterocycles. The highest BCUT2D eigenvalue weighted by Gasteiger charge is 2.12. The van der Waals surface area contributed by atoms with Crippen molar-refractivity contribution in [2.45, 2.75) is 6.54 Å². The Balaban J connectivity index is 1.76. The first-order valence-electron chi connectivity index (χ1n) is 7.40. The van der Waals surface area contributed by atoms with E-state index in [1.165, 1.54) is 0 Å². The van der Waals surface area contributed by atoms with E-state index >= 15 is 0 Å². The van der Waals surface area contributed by atoms with E-state index in [0.29, 0.717) is 12.1 Å². The summed E-state index contributed by atoms with van der Waals surface area (Å²) >= 11 is 0. The van der Waals surface area contributed by atoms with Gasteiger partial charge in [0.1, 0.15) is 5.75 Å². The molecule has 0 aliphatic carbocycles. The predicted octanol–water partition coefficient (Wildman–Crippen LogP) is 3.52. The van der Waals surface area contributed by atoms with Crippen LogP contribution in [-0.4, -0.2) is 29.9 Å². The van der Waals surface area contributed by atoms with Gasteiger partial charge in [-0.25, -0.2) is 0 Å². The summed E-state index contributed by atoms with van der Waals surface area (Å²) in [4.78, 5) is 18.6. The fourth-order valence-electron chi connectivity index (χ4n) is 2.50. The molecule has 0 aliphatic heterocycles. The molecule has 4 heteroatoms. The van der Waals surface area contributed by atoms with Crippen molar-refractivity contribution >= 4 is 16.8 Å².